The third-order valence-corrected chi connectivity index (χ3v) is 4.68. The number of rotatable bonds is 5. The third kappa shape index (κ3) is 3.40. The fourth-order valence-electron chi connectivity index (χ4n) is 3.47. The Bertz CT molecular complexity index is 424. The van der Waals surface area contributed by atoms with Crippen molar-refractivity contribution in [3.8, 4) is 0 Å². The van der Waals surface area contributed by atoms with Gasteiger partial charge in [-0.1, -0.05) is 20.8 Å². The van der Waals surface area contributed by atoms with Crippen molar-refractivity contribution < 1.29 is 0 Å². The molecule has 1 saturated carbocycles. The molecule has 3 atom stereocenters. The molecular formula is C16H30N4. The van der Waals surface area contributed by atoms with E-state index in [2.05, 4.69) is 47.8 Å². The number of hydrogen-bond acceptors (Lipinski definition) is 3. The molecule has 1 aromatic rings. The topological polar surface area (TPSA) is 42.7 Å². The highest BCUT2D eigenvalue weighted by Crippen LogP contribution is 2.36. The van der Waals surface area contributed by atoms with Gasteiger partial charge in [-0.15, -0.1) is 0 Å². The first kappa shape index (κ1) is 15.5. The van der Waals surface area contributed by atoms with Crippen molar-refractivity contribution >= 4 is 0 Å². The van der Waals surface area contributed by atoms with E-state index >= 15 is 0 Å². The molecule has 0 spiro atoms. The molecule has 114 valence electrons. The predicted octanol–water partition coefficient (Wildman–Crippen LogP) is 3.26. The number of hydrogen-bond donors (Lipinski definition) is 1. The molecule has 0 aliphatic heterocycles. The highest BCUT2D eigenvalue weighted by atomic mass is 15.4. The molecule has 0 aromatic carbocycles. The summed E-state index contributed by atoms with van der Waals surface area (Å²) in [6, 6.07) is 1.01. The average Bonchev–Trinajstić information content (AvgIpc) is 2.75. The third-order valence-electron chi connectivity index (χ3n) is 4.68. The minimum atomic E-state index is 0.462. The van der Waals surface area contributed by atoms with Gasteiger partial charge in [-0.3, -0.25) is 0 Å². The van der Waals surface area contributed by atoms with E-state index in [1.54, 1.807) is 0 Å². The molecule has 1 heterocycles. The van der Waals surface area contributed by atoms with Gasteiger partial charge < -0.3 is 5.32 Å². The summed E-state index contributed by atoms with van der Waals surface area (Å²) >= 11 is 0. The molecule has 3 unspecified atom stereocenters. The van der Waals surface area contributed by atoms with Gasteiger partial charge in [0.2, 0.25) is 0 Å². The van der Waals surface area contributed by atoms with Crippen LogP contribution in [-0.4, -0.2) is 27.4 Å². The van der Waals surface area contributed by atoms with Gasteiger partial charge in [0, 0.05) is 6.04 Å². The van der Waals surface area contributed by atoms with E-state index in [1.807, 2.05) is 6.92 Å². The zero-order valence-electron chi connectivity index (χ0n) is 13.7. The Morgan fingerprint density at radius 2 is 2.05 bits per heavy atom. The van der Waals surface area contributed by atoms with E-state index in [0.29, 0.717) is 12.1 Å². The van der Waals surface area contributed by atoms with Crippen molar-refractivity contribution in [3.05, 3.63) is 11.6 Å². The van der Waals surface area contributed by atoms with Crippen LogP contribution in [0.5, 0.6) is 0 Å². The molecule has 0 bridgehead atoms. The van der Waals surface area contributed by atoms with Crippen molar-refractivity contribution in [2.24, 2.45) is 11.8 Å². The Labute approximate surface area is 123 Å². The first-order valence-electron chi connectivity index (χ1n) is 8.16. The first-order valence-corrected chi connectivity index (χ1v) is 8.16. The van der Waals surface area contributed by atoms with Gasteiger partial charge in [0.1, 0.15) is 11.6 Å². The van der Waals surface area contributed by atoms with Crippen LogP contribution in [0.2, 0.25) is 0 Å². The fourth-order valence-corrected chi connectivity index (χ4v) is 3.47. The Morgan fingerprint density at radius 1 is 1.30 bits per heavy atom. The highest BCUT2D eigenvalue weighted by molar-refractivity contribution is 4.96. The van der Waals surface area contributed by atoms with Crippen molar-refractivity contribution in [2.75, 3.05) is 6.54 Å². The Hall–Kier alpha value is -0.900. The predicted molar refractivity (Wildman–Crippen MR) is 82.8 cm³/mol. The van der Waals surface area contributed by atoms with Crippen LogP contribution in [0.3, 0.4) is 0 Å². The van der Waals surface area contributed by atoms with Gasteiger partial charge in [0.25, 0.3) is 0 Å². The Morgan fingerprint density at radius 3 is 2.60 bits per heavy atom. The lowest BCUT2D eigenvalue weighted by atomic mass is 9.77. The first-order chi connectivity index (χ1) is 9.52. The van der Waals surface area contributed by atoms with E-state index in [0.717, 1.165) is 30.0 Å². The summed E-state index contributed by atoms with van der Waals surface area (Å²) in [5.41, 5.74) is 0. The standard InChI is InChI=1S/C16H30N4/c1-6-9-17-15-8-7-14(11(2)3)10-16(15)20-13(5)18-12(4)19-20/h11,14-17H,6-10H2,1-5H3. The van der Waals surface area contributed by atoms with Crippen molar-refractivity contribution in [3.63, 3.8) is 0 Å². The largest absolute Gasteiger partial charge is 0.312 e. The number of aryl methyl sites for hydroxylation is 2. The SMILES string of the molecule is CCCNC1CCC(C(C)C)CC1n1nc(C)nc1C. The molecule has 0 amide bonds. The summed E-state index contributed by atoms with van der Waals surface area (Å²) in [4.78, 5) is 4.49. The molecule has 1 N–H and O–H groups in total. The van der Waals surface area contributed by atoms with Crippen LogP contribution >= 0.6 is 0 Å². The van der Waals surface area contributed by atoms with Gasteiger partial charge in [0.05, 0.1) is 6.04 Å². The molecule has 0 radical (unpaired) electrons. The minimum absolute atomic E-state index is 0.462. The molecule has 4 nitrogen and oxygen atoms in total. The molecule has 1 aliphatic carbocycles. The summed E-state index contributed by atoms with van der Waals surface area (Å²) in [6.45, 7) is 12.1. The quantitative estimate of drug-likeness (QED) is 0.899. The molecule has 1 aliphatic rings. The van der Waals surface area contributed by atoms with Crippen LogP contribution in [0.25, 0.3) is 0 Å². The van der Waals surface area contributed by atoms with Gasteiger partial charge in [-0.25, -0.2) is 9.67 Å². The van der Waals surface area contributed by atoms with Crippen LogP contribution in [-0.2, 0) is 0 Å². The van der Waals surface area contributed by atoms with Crippen LogP contribution in [0.1, 0.15) is 64.1 Å². The maximum atomic E-state index is 4.65. The molecule has 4 heteroatoms. The van der Waals surface area contributed by atoms with Crippen LogP contribution < -0.4 is 5.32 Å². The van der Waals surface area contributed by atoms with Crippen LogP contribution in [0.15, 0.2) is 0 Å². The molecule has 0 saturated heterocycles. The second-order valence-electron chi connectivity index (χ2n) is 6.60. The zero-order chi connectivity index (χ0) is 14.7. The Balaban J connectivity index is 2.18. The van der Waals surface area contributed by atoms with Crippen molar-refractivity contribution in [2.45, 2.75) is 72.4 Å². The van der Waals surface area contributed by atoms with Crippen molar-refractivity contribution in [1.82, 2.24) is 20.1 Å². The molecule has 1 aromatic heterocycles. The number of aromatic nitrogens is 3. The van der Waals surface area contributed by atoms with E-state index < -0.39 is 0 Å². The maximum Gasteiger partial charge on any atom is 0.147 e. The Kier molecular flexibility index (Phi) is 5.19. The van der Waals surface area contributed by atoms with Gasteiger partial charge in [-0.05, 0) is 57.9 Å². The lowest BCUT2D eigenvalue weighted by Gasteiger charge is -2.38. The van der Waals surface area contributed by atoms with Gasteiger partial charge in [-0.2, -0.15) is 5.10 Å². The fraction of sp³-hybridized carbons (Fsp3) is 0.875. The van der Waals surface area contributed by atoms with E-state index in [-0.39, 0.29) is 0 Å². The second kappa shape index (κ2) is 6.70. The summed E-state index contributed by atoms with van der Waals surface area (Å²) in [5, 5.41) is 8.38. The summed E-state index contributed by atoms with van der Waals surface area (Å²) < 4.78 is 2.18. The molecule has 2 rings (SSSR count). The monoisotopic (exact) mass is 278 g/mol. The highest BCUT2D eigenvalue weighted by Gasteiger charge is 2.34. The summed E-state index contributed by atoms with van der Waals surface area (Å²) in [5.74, 6) is 3.52. The van der Waals surface area contributed by atoms with E-state index in [4.69, 9.17) is 0 Å². The van der Waals surface area contributed by atoms with E-state index in [1.165, 1.54) is 25.7 Å². The smallest absolute Gasteiger partial charge is 0.147 e. The van der Waals surface area contributed by atoms with Gasteiger partial charge in [0.15, 0.2) is 0 Å². The molecular weight excluding hydrogens is 248 g/mol. The summed E-state index contributed by atoms with van der Waals surface area (Å²) in [6.07, 6.45) is 5.00. The van der Waals surface area contributed by atoms with Crippen molar-refractivity contribution in [1.29, 1.82) is 0 Å². The number of nitrogens with zero attached hydrogens (tertiary/aromatic N) is 3. The molecule has 20 heavy (non-hydrogen) atoms. The second-order valence-corrected chi connectivity index (χ2v) is 6.60. The summed E-state index contributed by atoms with van der Waals surface area (Å²) in [7, 11) is 0. The van der Waals surface area contributed by atoms with Crippen LogP contribution in [0.4, 0.5) is 0 Å². The normalized spacial score (nSPS) is 27.2. The lowest BCUT2D eigenvalue weighted by molar-refractivity contribution is 0.160. The minimum Gasteiger partial charge on any atom is -0.312 e. The number of nitrogens with one attached hydrogen (secondary N) is 1. The van der Waals surface area contributed by atoms with Gasteiger partial charge >= 0.3 is 0 Å². The van der Waals surface area contributed by atoms with Crippen LogP contribution in [0, 0.1) is 25.7 Å². The van der Waals surface area contributed by atoms with E-state index in [9.17, 15) is 0 Å². The molecule has 1 fully saturated rings. The lowest BCUT2D eigenvalue weighted by Crippen LogP contribution is -2.43. The average molecular weight is 278 g/mol. The zero-order valence-corrected chi connectivity index (χ0v) is 13.7. The maximum absolute atomic E-state index is 4.65.